The van der Waals surface area contributed by atoms with Gasteiger partial charge in [-0.2, -0.15) is 0 Å². The summed E-state index contributed by atoms with van der Waals surface area (Å²) < 4.78 is 14.3. The number of non-ortho nitro benzene ring substituents is 1. The van der Waals surface area contributed by atoms with Crippen molar-refractivity contribution in [2.24, 2.45) is 4.99 Å². The van der Waals surface area contributed by atoms with Crippen LogP contribution in [-0.2, 0) is 11.2 Å². The van der Waals surface area contributed by atoms with Crippen molar-refractivity contribution in [2.45, 2.75) is 6.42 Å². The Bertz CT molecular complexity index is 1170. The van der Waals surface area contributed by atoms with Gasteiger partial charge in [0.05, 0.1) is 11.3 Å². The Morgan fingerprint density at radius 3 is 2.68 bits per heavy atom. The van der Waals surface area contributed by atoms with Gasteiger partial charge in [0, 0.05) is 41.2 Å². The van der Waals surface area contributed by atoms with E-state index in [9.17, 15) is 19.3 Å². The Labute approximate surface area is 158 Å². The maximum atomic E-state index is 14.3. The predicted octanol–water partition coefficient (Wildman–Crippen LogP) is 3.55. The molecule has 28 heavy (non-hydrogen) atoms. The highest BCUT2D eigenvalue weighted by Crippen LogP contribution is 2.33. The van der Waals surface area contributed by atoms with Gasteiger partial charge in [0.1, 0.15) is 11.6 Å². The quantitative estimate of drug-likeness (QED) is 0.555. The normalized spacial score (nSPS) is 12.7. The smallest absolute Gasteiger partial charge is 0.270 e. The summed E-state index contributed by atoms with van der Waals surface area (Å²) in [5.41, 5.74) is 9.12. The number of nitrogens with zero attached hydrogens (tertiary/aromatic N) is 3. The van der Waals surface area contributed by atoms with Crippen LogP contribution in [0.5, 0.6) is 0 Å². The van der Waals surface area contributed by atoms with Crippen molar-refractivity contribution >= 4 is 23.6 Å². The van der Waals surface area contributed by atoms with Gasteiger partial charge in [0.25, 0.3) is 5.69 Å². The molecule has 2 heterocycles. The Morgan fingerprint density at radius 2 is 1.89 bits per heavy atom. The Kier molecular flexibility index (Phi) is 4.15. The molecule has 2 N–H and O–H groups in total. The van der Waals surface area contributed by atoms with Crippen LogP contribution in [0.2, 0.25) is 0 Å². The maximum absolute atomic E-state index is 14.3. The number of pyridine rings is 1. The van der Waals surface area contributed by atoms with Crippen molar-refractivity contribution in [3.63, 3.8) is 0 Å². The van der Waals surface area contributed by atoms with Gasteiger partial charge in [-0.3, -0.25) is 14.9 Å². The van der Waals surface area contributed by atoms with E-state index in [0.717, 1.165) is 29.3 Å². The lowest BCUT2D eigenvalue weighted by atomic mass is 9.95. The van der Waals surface area contributed by atoms with Crippen molar-refractivity contribution in [2.75, 3.05) is 5.73 Å². The fourth-order valence-electron chi connectivity index (χ4n) is 3.10. The van der Waals surface area contributed by atoms with Crippen LogP contribution in [0, 0.1) is 15.9 Å². The van der Waals surface area contributed by atoms with Gasteiger partial charge < -0.3 is 5.73 Å². The molecular formula is C20H13FN4O3. The largest absolute Gasteiger partial charge is 0.383 e. The van der Waals surface area contributed by atoms with Crippen molar-refractivity contribution in [1.29, 1.82) is 0 Å². The third-order valence-corrected chi connectivity index (χ3v) is 4.53. The van der Waals surface area contributed by atoms with E-state index in [1.165, 1.54) is 12.4 Å². The zero-order chi connectivity index (χ0) is 19.8. The molecule has 1 aromatic heterocycles. The SMILES string of the molecule is Nc1ncc(-c2cc([N+](=O)[O-])ccc2F)cc1-c1ccc2c(c1)CC(=O)N=C2. The zero-order valence-electron chi connectivity index (χ0n) is 14.4. The fraction of sp³-hybridized carbons (Fsp3) is 0.0500. The van der Waals surface area contributed by atoms with Gasteiger partial charge in [-0.15, -0.1) is 0 Å². The third-order valence-electron chi connectivity index (χ3n) is 4.53. The van der Waals surface area contributed by atoms with Gasteiger partial charge in [-0.1, -0.05) is 12.1 Å². The molecule has 4 rings (SSSR count). The summed E-state index contributed by atoms with van der Waals surface area (Å²) in [5.74, 6) is -0.608. The monoisotopic (exact) mass is 376 g/mol. The number of halogens is 1. The first-order valence-corrected chi connectivity index (χ1v) is 8.32. The van der Waals surface area contributed by atoms with Gasteiger partial charge in [0.2, 0.25) is 5.91 Å². The number of carbonyl (C=O) groups excluding carboxylic acids is 1. The van der Waals surface area contributed by atoms with E-state index >= 15 is 0 Å². The molecule has 3 aromatic rings. The molecule has 0 saturated carbocycles. The minimum atomic E-state index is -0.602. The average Bonchev–Trinajstić information content (AvgIpc) is 2.68. The lowest BCUT2D eigenvalue weighted by molar-refractivity contribution is -0.384. The highest BCUT2D eigenvalue weighted by Gasteiger charge is 2.17. The van der Waals surface area contributed by atoms with E-state index in [0.29, 0.717) is 16.7 Å². The van der Waals surface area contributed by atoms with Gasteiger partial charge in [-0.25, -0.2) is 14.4 Å². The van der Waals surface area contributed by atoms with E-state index in [1.54, 1.807) is 6.07 Å². The molecule has 0 bridgehead atoms. The van der Waals surface area contributed by atoms with E-state index in [1.807, 2.05) is 18.2 Å². The summed E-state index contributed by atoms with van der Waals surface area (Å²) in [4.78, 5) is 29.9. The molecule has 0 aliphatic carbocycles. The van der Waals surface area contributed by atoms with Gasteiger partial charge in [0.15, 0.2) is 0 Å². The maximum Gasteiger partial charge on any atom is 0.270 e. The van der Waals surface area contributed by atoms with Crippen LogP contribution in [0.25, 0.3) is 22.3 Å². The molecule has 0 radical (unpaired) electrons. The molecule has 0 atom stereocenters. The fourth-order valence-corrected chi connectivity index (χ4v) is 3.10. The van der Waals surface area contributed by atoms with Crippen LogP contribution < -0.4 is 5.73 Å². The number of nitrogen functional groups attached to an aromatic ring is 1. The molecule has 138 valence electrons. The molecular weight excluding hydrogens is 363 g/mol. The molecule has 1 aliphatic rings. The number of hydrogen-bond acceptors (Lipinski definition) is 5. The van der Waals surface area contributed by atoms with Crippen molar-refractivity contribution in [3.05, 3.63) is 75.7 Å². The summed E-state index contributed by atoms with van der Waals surface area (Å²) in [5, 5.41) is 11.0. The number of benzene rings is 2. The first-order valence-electron chi connectivity index (χ1n) is 8.32. The number of nitro benzene ring substituents is 1. The average molecular weight is 376 g/mol. The van der Waals surface area contributed by atoms with Crippen LogP contribution in [-0.4, -0.2) is 22.0 Å². The number of anilines is 1. The molecule has 7 nitrogen and oxygen atoms in total. The van der Waals surface area contributed by atoms with Crippen molar-refractivity contribution < 1.29 is 14.1 Å². The Balaban J connectivity index is 1.82. The Morgan fingerprint density at radius 1 is 1.07 bits per heavy atom. The van der Waals surface area contributed by atoms with Crippen LogP contribution in [0.3, 0.4) is 0 Å². The second-order valence-electron chi connectivity index (χ2n) is 6.32. The summed E-state index contributed by atoms with van der Waals surface area (Å²) in [6, 6.07) is 10.4. The molecule has 1 amide bonds. The van der Waals surface area contributed by atoms with Crippen molar-refractivity contribution in [1.82, 2.24) is 4.98 Å². The highest BCUT2D eigenvalue weighted by atomic mass is 19.1. The summed E-state index contributed by atoms with van der Waals surface area (Å²) in [6.07, 6.45) is 3.07. The zero-order valence-corrected chi connectivity index (χ0v) is 14.4. The molecule has 0 spiro atoms. The van der Waals surface area contributed by atoms with Crippen molar-refractivity contribution in [3.8, 4) is 22.3 Å². The van der Waals surface area contributed by atoms with E-state index in [2.05, 4.69) is 9.98 Å². The van der Waals surface area contributed by atoms with Gasteiger partial charge in [-0.05, 0) is 34.9 Å². The highest BCUT2D eigenvalue weighted by molar-refractivity contribution is 5.99. The molecule has 0 fully saturated rings. The van der Waals surface area contributed by atoms with Crippen LogP contribution in [0.1, 0.15) is 11.1 Å². The first-order chi connectivity index (χ1) is 13.4. The number of nitro groups is 1. The number of aromatic nitrogens is 1. The number of fused-ring (bicyclic) bond motifs is 1. The number of carbonyl (C=O) groups is 1. The lowest BCUT2D eigenvalue weighted by Gasteiger charge is -2.13. The first kappa shape index (κ1) is 17.5. The summed E-state index contributed by atoms with van der Waals surface area (Å²) >= 11 is 0. The van der Waals surface area contributed by atoms with Gasteiger partial charge >= 0.3 is 0 Å². The number of aliphatic imine (C=N–C) groups is 1. The molecule has 1 aliphatic heterocycles. The topological polar surface area (TPSA) is 111 Å². The standard InChI is InChI=1S/C20H13FN4O3/c21-18-4-3-15(25(27)28)8-16(18)14-6-17(20(22)24-10-14)11-1-2-12-9-23-19(26)7-13(12)5-11/h1-6,8-10H,7H2,(H2,22,24). The van der Waals surface area contributed by atoms with Crippen LogP contribution in [0.15, 0.2) is 53.7 Å². The minimum Gasteiger partial charge on any atom is -0.383 e. The second-order valence-corrected chi connectivity index (χ2v) is 6.32. The van der Waals surface area contributed by atoms with Crippen LogP contribution >= 0.6 is 0 Å². The number of rotatable bonds is 3. The van der Waals surface area contributed by atoms with E-state index in [-0.39, 0.29) is 29.4 Å². The third kappa shape index (κ3) is 3.11. The lowest BCUT2D eigenvalue weighted by Crippen LogP contribution is -2.09. The minimum absolute atomic E-state index is 0.0585. The number of amides is 1. The Hall–Kier alpha value is -3.94. The summed E-state index contributed by atoms with van der Waals surface area (Å²) in [6.45, 7) is 0. The number of hydrogen-bond donors (Lipinski definition) is 1. The summed E-state index contributed by atoms with van der Waals surface area (Å²) in [7, 11) is 0. The number of nitrogens with two attached hydrogens (primary N) is 1. The second kappa shape index (κ2) is 6.66. The van der Waals surface area contributed by atoms with Crippen LogP contribution in [0.4, 0.5) is 15.9 Å². The molecule has 0 saturated heterocycles. The molecule has 2 aromatic carbocycles. The predicted molar refractivity (Wildman–Crippen MR) is 102 cm³/mol. The molecule has 0 unspecified atom stereocenters. The van der Waals surface area contributed by atoms with E-state index in [4.69, 9.17) is 5.73 Å². The molecule has 8 heteroatoms. The van der Waals surface area contributed by atoms with E-state index < -0.39 is 10.7 Å².